The number of aryl methyl sites for hydroxylation is 1. The van der Waals surface area contributed by atoms with E-state index in [0.29, 0.717) is 16.5 Å². The predicted octanol–water partition coefficient (Wildman–Crippen LogP) is 4.13. The normalized spacial score (nSPS) is 11.7. The molecule has 112 valence electrons. The molecule has 0 saturated carbocycles. The van der Waals surface area contributed by atoms with E-state index in [1.807, 2.05) is 6.92 Å². The Kier molecular flexibility index (Phi) is 3.37. The lowest BCUT2D eigenvalue weighted by Crippen LogP contribution is -2.11. The molecule has 0 aliphatic heterocycles. The smallest absolute Gasteiger partial charge is 0.241 e. The Balaban J connectivity index is 2.17. The maximum Gasteiger partial charge on any atom is 0.268 e. The molecule has 3 rings (SSSR count). The lowest BCUT2D eigenvalue weighted by Gasteiger charge is -2.08. The van der Waals surface area contributed by atoms with E-state index in [0.717, 1.165) is 5.56 Å². The minimum atomic E-state index is -3.67. The number of aromatic nitrogens is 1. The molecule has 0 saturated heterocycles. The van der Waals surface area contributed by atoms with Gasteiger partial charge < -0.3 is 0 Å². The summed E-state index contributed by atoms with van der Waals surface area (Å²) in [5.74, 6) is -0.545. The summed E-state index contributed by atoms with van der Waals surface area (Å²) in [4.78, 5) is 0.217. The van der Waals surface area contributed by atoms with Crippen molar-refractivity contribution in [2.75, 3.05) is 0 Å². The molecule has 2 aromatic carbocycles. The molecule has 0 bridgehead atoms. The highest BCUT2D eigenvalue weighted by molar-refractivity contribution is 7.90. The van der Waals surface area contributed by atoms with Gasteiger partial charge in [-0.2, -0.15) is 0 Å². The molecule has 22 heavy (non-hydrogen) atoms. The van der Waals surface area contributed by atoms with Crippen LogP contribution in [0, 0.1) is 6.92 Å². The quantitative estimate of drug-likeness (QED) is 0.729. The van der Waals surface area contributed by atoms with E-state index in [-0.39, 0.29) is 4.90 Å². The van der Waals surface area contributed by atoms with E-state index in [1.54, 1.807) is 42.5 Å². The minimum absolute atomic E-state index is 0.217. The van der Waals surface area contributed by atoms with E-state index in [9.17, 15) is 12.8 Å². The lowest BCUT2D eigenvalue weighted by molar-refractivity contribution is 0.589. The van der Waals surface area contributed by atoms with Crippen LogP contribution in [0.25, 0.3) is 16.7 Å². The molecular weight excluding hydrogens is 301 g/mol. The largest absolute Gasteiger partial charge is 0.268 e. The highest BCUT2D eigenvalue weighted by Crippen LogP contribution is 2.25. The molecular formula is C17H14FNO2S. The molecule has 3 aromatic rings. The Morgan fingerprint density at radius 1 is 1.09 bits per heavy atom. The molecule has 0 radical (unpaired) electrons. The molecule has 0 N–H and O–H groups in total. The number of hydrogen-bond donors (Lipinski definition) is 0. The number of benzene rings is 2. The number of nitrogens with zero attached hydrogens (tertiary/aromatic N) is 1. The number of halogens is 1. The summed E-state index contributed by atoms with van der Waals surface area (Å²) in [6.07, 6.45) is 1.48. The van der Waals surface area contributed by atoms with Crippen LogP contribution in [-0.4, -0.2) is 12.4 Å². The average Bonchev–Trinajstić information content (AvgIpc) is 2.91. The summed E-state index contributed by atoms with van der Waals surface area (Å²) in [6, 6.07) is 13.0. The van der Waals surface area contributed by atoms with Gasteiger partial charge in [-0.15, -0.1) is 0 Å². The van der Waals surface area contributed by atoms with Crippen molar-refractivity contribution in [1.29, 1.82) is 0 Å². The first kappa shape index (κ1) is 14.5. The molecule has 0 fully saturated rings. The SMILES string of the molecule is C=C(F)c1ccc2c(ccn2S(=O)(=O)c2ccc(C)cc2)c1. The lowest BCUT2D eigenvalue weighted by atomic mass is 10.1. The van der Waals surface area contributed by atoms with Crippen molar-refractivity contribution in [2.24, 2.45) is 0 Å². The van der Waals surface area contributed by atoms with E-state index >= 15 is 0 Å². The summed E-state index contributed by atoms with van der Waals surface area (Å²) in [7, 11) is -3.67. The fraction of sp³-hybridized carbons (Fsp3) is 0.0588. The number of rotatable bonds is 3. The zero-order valence-corrected chi connectivity index (χ0v) is 12.8. The van der Waals surface area contributed by atoms with Gasteiger partial charge in [-0.1, -0.05) is 24.3 Å². The number of hydrogen-bond acceptors (Lipinski definition) is 2. The average molecular weight is 315 g/mol. The van der Waals surface area contributed by atoms with Crippen LogP contribution in [-0.2, 0) is 10.0 Å². The number of fused-ring (bicyclic) bond motifs is 1. The van der Waals surface area contributed by atoms with Gasteiger partial charge in [0.2, 0.25) is 0 Å². The Morgan fingerprint density at radius 3 is 2.41 bits per heavy atom. The molecule has 0 aliphatic rings. The van der Waals surface area contributed by atoms with Crippen molar-refractivity contribution in [3.8, 4) is 0 Å². The molecule has 0 spiro atoms. The summed E-state index contributed by atoms with van der Waals surface area (Å²) in [6.45, 7) is 5.15. The molecule has 0 aliphatic carbocycles. The third kappa shape index (κ3) is 2.33. The van der Waals surface area contributed by atoms with E-state index < -0.39 is 15.9 Å². The van der Waals surface area contributed by atoms with E-state index in [4.69, 9.17) is 0 Å². The maximum absolute atomic E-state index is 13.2. The molecule has 5 heteroatoms. The summed E-state index contributed by atoms with van der Waals surface area (Å²) in [5, 5.41) is 0.645. The minimum Gasteiger partial charge on any atom is -0.241 e. The fourth-order valence-electron chi connectivity index (χ4n) is 2.32. The van der Waals surface area contributed by atoms with Crippen LogP contribution in [0.3, 0.4) is 0 Å². The Labute approximate surface area is 128 Å². The van der Waals surface area contributed by atoms with Gasteiger partial charge in [0.05, 0.1) is 10.4 Å². The van der Waals surface area contributed by atoms with Crippen molar-refractivity contribution in [3.63, 3.8) is 0 Å². The van der Waals surface area contributed by atoms with Crippen LogP contribution in [0.15, 0.2) is 66.2 Å². The monoisotopic (exact) mass is 315 g/mol. The second-order valence-electron chi connectivity index (χ2n) is 5.11. The molecule has 1 heterocycles. The maximum atomic E-state index is 13.2. The zero-order valence-electron chi connectivity index (χ0n) is 12.0. The van der Waals surface area contributed by atoms with Crippen LogP contribution in [0.5, 0.6) is 0 Å². The summed E-state index contributed by atoms with van der Waals surface area (Å²) in [5.41, 5.74) is 1.84. The van der Waals surface area contributed by atoms with Crippen LogP contribution in [0.2, 0.25) is 0 Å². The molecule has 0 amide bonds. The zero-order chi connectivity index (χ0) is 15.9. The van der Waals surface area contributed by atoms with E-state index in [1.165, 1.54) is 16.2 Å². The van der Waals surface area contributed by atoms with Gasteiger partial charge in [0.15, 0.2) is 0 Å². The standard InChI is InChI=1S/C17H14FNO2S/c1-12-3-6-16(7-4-12)22(20,21)19-10-9-15-11-14(13(2)18)5-8-17(15)19/h3-11H,2H2,1H3. The molecule has 0 atom stereocenters. The first-order valence-electron chi connectivity index (χ1n) is 6.68. The first-order chi connectivity index (χ1) is 10.4. The van der Waals surface area contributed by atoms with Gasteiger partial charge >= 0.3 is 0 Å². The second-order valence-corrected chi connectivity index (χ2v) is 6.92. The first-order valence-corrected chi connectivity index (χ1v) is 8.12. The van der Waals surface area contributed by atoms with Gasteiger partial charge in [0.25, 0.3) is 10.0 Å². The van der Waals surface area contributed by atoms with E-state index in [2.05, 4.69) is 6.58 Å². The van der Waals surface area contributed by atoms with Gasteiger partial charge in [-0.25, -0.2) is 16.8 Å². The highest BCUT2D eigenvalue weighted by Gasteiger charge is 2.18. The predicted molar refractivity (Wildman–Crippen MR) is 85.8 cm³/mol. The van der Waals surface area contributed by atoms with Crippen molar-refractivity contribution >= 4 is 26.8 Å². The van der Waals surface area contributed by atoms with Crippen molar-refractivity contribution in [1.82, 2.24) is 3.97 Å². The molecule has 3 nitrogen and oxygen atoms in total. The second kappa shape index (κ2) is 5.10. The van der Waals surface area contributed by atoms with Crippen molar-refractivity contribution < 1.29 is 12.8 Å². The topological polar surface area (TPSA) is 39.1 Å². The van der Waals surface area contributed by atoms with Crippen molar-refractivity contribution in [2.45, 2.75) is 11.8 Å². The van der Waals surface area contributed by atoms with Gasteiger partial charge in [-0.05, 0) is 43.3 Å². The third-order valence-corrected chi connectivity index (χ3v) is 5.25. The Morgan fingerprint density at radius 2 is 1.77 bits per heavy atom. The van der Waals surface area contributed by atoms with Crippen LogP contribution >= 0.6 is 0 Å². The van der Waals surface area contributed by atoms with Gasteiger partial charge in [0.1, 0.15) is 5.83 Å². The third-order valence-electron chi connectivity index (χ3n) is 3.55. The van der Waals surface area contributed by atoms with Gasteiger partial charge in [-0.3, -0.25) is 0 Å². The Bertz CT molecular complexity index is 970. The highest BCUT2D eigenvalue weighted by atomic mass is 32.2. The Hall–Kier alpha value is -2.40. The summed E-state index contributed by atoms with van der Waals surface area (Å²) < 4.78 is 39.8. The van der Waals surface area contributed by atoms with Crippen LogP contribution < -0.4 is 0 Å². The van der Waals surface area contributed by atoms with Crippen LogP contribution in [0.1, 0.15) is 11.1 Å². The van der Waals surface area contributed by atoms with Gasteiger partial charge in [0, 0.05) is 17.1 Å². The summed E-state index contributed by atoms with van der Waals surface area (Å²) >= 11 is 0. The molecule has 0 unspecified atom stereocenters. The van der Waals surface area contributed by atoms with Crippen molar-refractivity contribution in [3.05, 3.63) is 72.4 Å². The van der Waals surface area contributed by atoms with Crippen LogP contribution in [0.4, 0.5) is 4.39 Å². The fourth-order valence-corrected chi connectivity index (χ4v) is 3.67. The molecule has 1 aromatic heterocycles.